The third-order valence-electron chi connectivity index (χ3n) is 6.68. The number of alkyl halides is 2. The number of likely N-dealkylation sites (tertiary alicyclic amines) is 1. The average molecular weight is 487 g/mol. The number of aromatic nitrogens is 1. The maximum atomic E-state index is 14.7. The second kappa shape index (κ2) is 9.73. The highest BCUT2D eigenvalue weighted by molar-refractivity contribution is 5.92. The number of nitrogens with one attached hydrogen (secondary N) is 1. The van der Waals surface area contributed by atoms with Gasteiger partial charge in [-0.3, -0.25) is 4.98 Å². The first-order valence-electron chi connectivity index (χ1n) is 11.4. The number of anilines is 1. The highest BCUT2D eigenvalue weighted by atomic mass is 19.3. The van der Waals surface area contributed by atoms with Gasteiger partial charge in [-0.05, 0) is 30.7 Å². The van der Waals surface area contributed by atoms with E-state index >= 15 is 0 Å². The van der Waals surface area contributed by atoms with Crippen molar-refractivity contribution in [1.29, 1.82) is 0 Å². The molecule has 0 unspecified atom stereocenters. The number of rotatable bonds is 6. The minimum atomic E-state index is -2.89. The molecule has 0 aliphatic carbocycles. The van der Waals surface area contributed by atoms with Gasteiger partial charge in [0.2, 0.25) is 0 Å². The van der Waals surface area contributed by atoms with Crippen LogP contribution in [0.4, 0.5) is 23.7 Å². The first-order valence-corrected chi connectivity index (χ1v) is 11.4. The lowest BCUT2D eigenvalue weighted by Gasteiger charge is -2.30. The molecule has 2 aromatic carbocycles. The first kappa shape index (κ1) is 24.8. The van der Waals surface area contributed by atoms with E-state index in [1.165, 1.54) is 12.1 Å². The fraction of sp³-hybridized carbons (Fsp3) is 0.385. The summed E-state index contributed by atoms with van der Waals surface area (Å²) in [7, 11) is 5.07. The van der Waals surface area contributed by atoms with Gasteiger partial charge in [0.05, 0.1) is 23.7 Å². The number of methoxy groups -OCH3 is 1. The van der Waals surface area contributed by atoms with Crippen molar-refractivity contribution in [2.45, 2.75) is 31.4 Å². The van der Waals surface area contributed by atoms with E-state index in [-0.39, 0.29) is 11.6 Å². The van der Waals surface area contributed by atoms with Crippen LogP contribution in [-0.2, 0) is 10.3 Å². The van der Waals surface area contributed by atoms with Crippen LogP contribution in [-0.4, -0.2) is 55.1 Å². The van der Waals surface area contributed by atoms with E-state index in [9.17, 15) is 18.0 Å². The molecule has 0 saturated carbocycles. The fourth-order valence-corrected chi connectivity index (χ4v) is 4.69. The Hall–Kier alpha value is -3.33. The van der Waals surface area contributed by atoms with Gasteiger partial charge >= 0.3 is 6.03 Å². The van der Waals surface area contributed by atoms with Crippen LogP contribution in [0.25, 0.3) is 10.9 Å². The monoisotopic (exact) mass is 486 g/mol. The minimum absolute atomic E-state index is 0.0735. The summed E-state index contributed by atoms with van der Waals surface area (Å²) in [4.78, 5) is 20.2. The van der Waals surface area contributed by atoms with Crippen LogP contribution in [0.1, 0.15) is 42.5 Å². The standard InChI is InChI=1S/C26H29F3N4O2/c1-16(18-6-5-7-19(23(18)27)24(28)29)31-22-10-12-30-21-9-8-17(14-20(21)22)26(35-4)11-13-33(15-26)25(34)32(2)3/h5-10,12,14,16,24H,11,13,15H2,1-4H3,(H,30,31)/t16-,26-/m1/s1. The van der Waals surface area contributed by atoms with Gasteiger partial charge in [-0.2, -0.15) is 0 Å². The predicted molar refractivity (Wildman–Crippen MR) is 129 cm³/mol. The van der Waals surface area contributed by atoms with Gasteiger partial charge in [-0.15, -0.1) is 0 Å². The van der Waals surface area contributed by atoms with Crippen molar-refractivity contribution in [3.63, 3.8) is 0 Å². The SMILES string of the molecule is CO[C@]1(c2ccc3nccc(N[C@H](C)c4cccc(C(F)F)c4F)c3c2)CCN(C(=O)N(C)C)C1. The average Bonchev–Trinajstić information content (AvgIpc) is 3.29. The number of ether oxygens (including phenoxy) is 1. The van der Waals surface area contributed by atoms with Gasteiger partial charge < -0.3 is 19.9 Å². The molecule has 2 heterocycles. The first-order chi connectivity index (χ1) is 16.7. The molecule has 0 spiro atoms. The second-order valence-electron chi connectivity index (χ2n) is 9.05. The van der Waals surface area contributed by atoms with E-state index in [0.717, 1.165) is 22.5 Å². The molecule has 1 N–H and O–H groups in total. The van der Waals surface area contributed by atoms with Gasteiger partial charge in [-0.25, -0.2) is 18.0 Å². The summed E-state index contributed by atoms with van der Waals surface area (Å²) in [6.07, 6.45) is -0.607. The Morgan fingerprint density at radius 1 is 1.20 bits per heavy atom. The summed E-state index contributed by atoms with van der Waals surface area (Å²) >= 11 is 0. The third kappa shape index (κ3) is 4.65. The molecule has 3 aromatic rings. The lowest BCUT2D eigenvalue weighted by atomic mass is 9.91. The number of hydrogen-bond acceptors (Lipinski definition) is 4. The van der Waals surface area contributed by atoms with Gasteiger partial charge in [0.1, 0.15) is 11.4 Å². The van der Waals surface area contributed by atoms with Crippen molar-refractivity contribution >= 4 is 22.6 Å². The fourth-order valence-electron chi connectivity index (χ4n) is 4.69. The number of pyridine rings is 1. The molecule has 9 heteroatoms. The van der Waals surface area contributed by atoms with Crippen molar-refractivity contribution in [2.24, 2.45) is 0 Å². The predicted octanol–water partition coefficient (Wildman–Crippen LogP) is 5.71. The molecule has 186 valence electrons. The Morgan fingerprint density at radius 2 is 1.94 bits per heavy atom. The van der Waals surface area contributed by atoms with Crippen molar-refractivity contribution < 1.29 is 22.7 Å². The summed E-state index contributed by atoms with van der Waals surface area (Å²) in [6, 6.07) is 11.0. The number of carbonyl (C=O) groups is 1. The minimum Gasteiger partial charge on any atom is -0.378 e. The van der Waals surface area contributed by atoms with Crippen molar-refractivity contribution in [3.8, 4) is 0 Å². The molecule has 4 rings (SSSR count). The van der Waals surface area contributed by atoms with E-state index in [2.05, 4.69) is 10.3 Å². The summed E-state index contributed by atoms with van der Waals surface area (Å²) in [6.45, 7) is 2.71. The van der Waals surface area contributed by atoms with Crippen LogP contribution in [0.15, 0.2) is 48.7 Å². The maximum absolute atomic E-state index is 14.7. The molecule has 1 aromatic heterocycles. The van der Waals surface area contributed by atoms with E-state index in [0.29, 0.717) is 25.2 Å². The number of fused-ring (bicyclic) bond motifs is 1. The molecule has 35 heavy (non-hydrogen) atoms. The molecule has 2 atom stereocenters. The number of amides is 2. The van der Waals surface area contributed by atoms with Crippen molar-refractivity contribution in [3.05, 3.63) is 71.2 Å². The smallest absolute Gasteiger partial charge is 0.319 e. The Morgan fingerprint density at radius 3 is 2.63 bits per heavy atom. The van der Waals surface area contributed by atoms with Crippen LogP contribution < -0.4 is 5.32 Å². The molecular formula is C26H29F3N4O2. The molecule has 6 nitrogen and oxygen atoms in total. The van der Waals surface area contributed by atoms with Crippen molar-refractivity contribution in [2.75, 3.05) is 39.6 Å². The summed E-state index contributed by atoms with van der Waals surface area (Å²) in [5.74, 6) is -0.906. The number of urea groups is 1. The van der Waals surface area contributed by atoms with Gasteiger partial charge in [0, 0.05) is 57.0 Å². The molecule has 1 fully saturated rings. The normalized spacial score (nSPS) is 18.8. The molecule has 1 aliphatic rings. The lowest BCUT2D eigenvalue weighted by molar-refractivity contribution is -0.00377. The van der Waals surface area contributed by atoms with E-state index in [1.807, 2.05) is 18.2 Å². The maximum Gasteiger partial charge on any atom is 0.319 e. The highest BCUT2D eigenvalue weighted by Crippen LogP contribution is 2.38. The number of benzene rings is 2. The summed E-state index contributed by atoms with van der Waals surface area (Å²) < 4.78 is 47.1. The molecule has 1 aliphatic heterocycles. The van der Waals surface area contributed by atoms with Crippen LogP contribution in [0.3, 0.4) is 0 Å². The largest absolute Gasteiger partial charge is 0.378 e. The summed E-state index contributed by atoms with van der Waals surface area (Å²) in [5.41, 5.74) is 1.19. The van der Waals surface area contributed by atoms with Crippen LogP contribution >= 0.6 is 0 Å². The lowest BCUT2D eigenvalue weighted by Crippen LogP contribution is -2.40. The van der Waals surface area contributed by atoms with Crippen LogP contribution in [0.2, 0.25) is 0 Å². The zero-order valence-electron chi connectivity index (χ0n) is 20.2. The van der Waals surface area contributed by atoms with E-state index in [4.69, 9.17) is 4.74 Å². The number of nitrogens with zero attached hydrogens (tertiary/aromatic N) is 3. The Kier molecular flexibility index (Phi) is 6.89. The highest BCUT2D eigenvalue weighted by Gasteiger charge is 2.42. The molecule has 0 radical (unpaired) electrons. The van der Waals surface area contributed by atoms with Crippen molar-refractivity contribution in [1.82, 2.24) is 14.8 Å². The number of halogens is 3. The van der Waals surface area contributed by atoms with E-state index < -0.39 is 29.4 Å². The van der Waals surface area contributed by atoms with Crippen LogP contribution in [0.5, 0.6) is 0 Å². The molecule has 1 saturated heterocycles. The second-order valence-corrected chi connectivity index (χ2v) is 9.05. The molecular weight excluding hydrogens is 457 g/mol. The van der Waals surface area contributed by atoms with Gasteiger partial charge in [-0.1, -0.05) is 24.3 Å². The summed E-state index contributed by atoms with van der Waals surface area (Å²) in [5, 5.41) is 4.05. The zero-order valence-corrected chi connectivity index (χ0v) is 20.2. The Bertz CT molecular complexity index is 1240. The topological polar surface area (TPSA) is 57.7 Å². The quantitative estimate of drug-likeness (QED) is 0.485. The van der Waals surface area contributed by atoms with Gasteiger partial charge in [0.15, 0.2) is 0 Å². The van der Waals surface area contributed by atoms with Gasteiger partial charge in [0.25, 0.3) is 6.43 Å². The zero-order chi connectivity index (χ0) is 25.3. The third-order valence-corrected chi connectivity index (χ3v) is 6.68. The van der Waals surface area contributed by atoms with Crippen LogP contribution in [0, 0.1) is 5.82 Å². The molecule has 2 amide bonds. The Balaban J connectivity index is 1.68. The van der Waals surface area contributed by atoms with E-state index in [1.54, 1.807) is 50.2 Å². The molecule has 0 bridgehead atoms. The Labute approximate surface area is 202 Å². The number of hydrogen-bond donors (Lipinski definition) is 1. The number of carbonyl (C=O) groups excluding carboxylic acids is 1.